The number of aromatic amines is 1. The standard InChI is InChI=1S/C14H22N4O/c1-5-13-15-14(17-16-13)9-18(10(2)3)8-12-7-6-11(4)19-12/h6-7,10H,5,8-9H2,1-4H3,(H,15,16,17). The van der Waals surface area contributed by atoms with Gasteiger partial charge < -0.3 is 4.42 Å². The van der Waals surface area contributed by atoms with Crippen LogP contribution in [0.3, 0.4) is 0 Å². The van der Waals surface area contributed by atoms with Crippen LogP contribution in [0.1, 0.15) is 43.9 Å². The summed E-state index contributed by atoms with van der Waals surface area (Å²) in [5.41, 5.74) is 0. The second-order valence-corrected chi connectivity index (χ2v) is 5.06. The van der Waals surface area contributed by atoms with Gasteiger partial charge in [0.25, 0.3) is 0 Å². The predicted molar refractivity (Wildman–Crippen MR) is 73.6 cm³/mol. The van der Waals surface area contributed by atoms with Gasteiger partial charge in [-0.15, -0.1) is 0 Å². The van der Waals surface area contributed by atoms with Crippen LogP contribution >= 0.6 is 0 Å². The molecule has 2 aromatic heterocycles. The zero-order valence-corrected chi connectivity index (χ0v) is 12.1. The fourth-order valence-electron chi connectivity index (χ4n) is 1.95. The van der Waals surface area contributed by atoms with Crippen molar-refractivity contribution in [3.63, 3.8) is 0 Å². The summed E-state index contributed by atoms with van der Waals surface area (Å²) in [6.45, 7) is 9.91. The van der Waals surface area contributed by atoms with Crippen LogP contribution in [0.15, 0.2) is 16.5 Å². The van der Waals surface area contributed by atoms with E-state index in [-0.39, 0.29) is 0 Å². The van der Waals surface area contributed by atoms with Crippen LogP contribution in [0, 0.1) is 6.92 Å². The molecule has 0 radical (unpaired) electrons. The van der Waals surface area contributed by atoms with Gasteiger partial charge in [-0.05, 0) is 32.9 Å². The SMILES string of the molecule is CCc1n[nH]c(CN(Cc2ccc(C)o2)C(C)C)n1. The molecule has 5 heteroatoms. The second-order valence-electron chi connectivity index (χ2n) is 5.06. The van der Waals surface area contributed by atoms with E-state index < -0.39 is 0 Å². The van der Waals surface area contributed by atoms with E-state index in [1.807, 2.05) is 19.1 Å². The molecule has 0 fully saturated rings. The summed E-state index contributed by atoms with van der Waals surface area (Å²) >= 11 is 0. The molecule has 0 aliphatic carbocycles. The lowest BCUT2D eigenvalue weighted by Gasteiger charge is -2.24. The van der Waals surface area contributed by atoms with Crippen LogP contribution < -0.4 is 0 Å². The first-order valence-corrected chi connectivity index (χ1v) is 6.78. The van der Waals surface area contributed by atoms with Gasteiger partial charge in [-0.25, -0.2) is 4.98 Å². The maximum atomic E-state index is 5.64. The highest BCUT2D eigenvalue weighted by Gasteiger charge is 2.15. The van der Waals surface area contributed by atoms with Crippen molar-refractivity contribution in [3.05, 3.63) is 35.3 Å². The minimum atomic E-state index is 0.417. The summed E-state index contributed by atoms with van der Waals surface area (Å²) in [7, 11) is 0. The lowest BCUT2D eigenvalue weighted by molar-refractivity contribution is 0.182. The van der Waals surface area contributed by atoms with E-state index in [9.17, 15) is 0 Å². The van der Waals surface area contributed by atoms with Gasteiger partial charge in [-0.2, -0.15) is 5.10 Å². The van der Waals surface area contributed by atoms with E-state index in [1.54, 1.807) is 0 Å². The van der Waals surface area contributed by atoms with Crippen molar-refractivity contribution < 1.29 is 4.42 Å². The van der Waals surface area contributed by atoms with Crippen molar-refractivity contribution in [2.75, 3.05) is 0 Å². The van der Waals surface area contributed by atoms with E-state index >= 15 is 0 Å². The molecule has 0 saturated heterocycles. The highest BCUT2D eigenvalue weighted by Crippen LogP contribution is 2.13. The Balaban J connectivity index is 2.03. The van der Waals surface area contributed by atoms with Crippen LogP contribution in [0.4, 0.5) is 0 Å². The largest absolute Gasteiger partial charge is 0.465 e. The number of hydrogen-bond donors (Lipinski definition) is 1. The van der Waals surface area contributed by atoms with Gasteiger partial charge >= 0.3 is 0 Å². The molecule has 2 rings (SSSR count). The average Bonchev–Trinajstić information content (AvgIpc) is 2.97. The second kappa shape index (κ2) is 6.02. The Kier molecular flexibility index (Phi) is 4.37. The Bertz CT molecular complexity index is 515. The fraction of sp³-hybridized carbons (Fsp3) is 0.571. The molecular formula is C14H22N4O. The normalized spacial score (nSPS) is 11.7. The molecule has 0 aliphatic heterocycles. The first-order chi connectivity index (χ1) is 9.08. The van der Waals surface area contributed by atoms with E-state index in [2.05, 4.69) is 40.9 Å². The minimum absolute atomic E-state index is 0.417. The maximum absolute atomic E-state index is 5.64. The number of nitrogens with one attached hydrogen (secondary N) is 1. The molecule has 104 valence electrons. The van der Waals surface area contributed by atoms with E-state index in [4.69, 9.17) is 4.42 Å². The van der Waals surface area contributed by atoms with Crippen molar-refractivity contribution in [2.45, 2.75) is 53.2 Å². The molecule has 5 nitrogen and oxygen atoms in total. The summed E-state index contributed by atoms with van der Waals surface area (Å²) in [6, 6.07) is 4.45. The molecule has 0 aliphatic rings. The van der Waals surface area contributed by atoms with Crippen molar-refractivity contribution >= 4 is 0 Å². The van der Waals surface area contributed by atoms with Crippen LogP contribution in [0.25, 0.3) is 0 Å². The molecule has 19 heavy (non-hydrogen) atoms. The highest BCUT2D eigenvalue weighted by atomic mass is 16.3. The minimum Gasteiger partial charge on any atom is -0.465 e. The average molecular weight is 262 g/mol. The zero-order valence-electron chi connectivity index (χ0n) is 12.1. The summed E-state index contributed by atoms with van der Waals surface area (Å²) < 4.78 is 5.64. The molecule has 0 atom stereocenters. The Hall–Kier alpha value is -1.62. The quantitative estimate of drug-likeness (QED) is 0.869. The zero-order chi connectivity index (χ0) is 13.8. The van der Waals surface area contributed by atoms with Gasteiger partial charge in [0.2, 0.25) is 0 Å². The Morgan fingerprint density at radius 1 is 1.32 bits per heavy atom. The number of aryl methyl sites for hydroxylation is 2. The van der Waals surface area contributed by atoms with Crippen LogP contribution in [0.2, 0.25) is 0 Å². The number of nitrogens with zero attached hydrogens (tertiary/aromatic N) is 3. The highest BCUT2D eigenvalue weighted by molar-refractivity contribution is 5.05. The lowest BCUT2D eigenvalue weighted by Crippen LogP contribution is -2.30. The maximum Gasteiger partial charge on any atom is 0.150 e. The van der Waals surface area contributed by atoms with Crippen molar-refractivity contribution in [1.82, 2.24) is 20.1 Å². The van der Waals surface area contributed by atoms with Gasteiger partial charge in [-0.1, -0.05) is 6.92 Å². The smallest absolute Gasteiger partial charge is 0.150 e. The molecular weight excluding hydrogens is 240 g/mol. The van der Waals surface area contributed by atoms with Crippen LogP contribution in [-0.4, -0.2) is 26.1 Å². The molecule has 0 unspecified atom stereocenters. The third-order valence-corrected chi connectivity index (χ3v) is 3.13. The van der Waals surface area contributed by atoms with Gasteiger partial charge in [0.15, 0.2) is 0 Å². The molecule has 1 N–H and O–H groups in total. The Morgan fingerprint density at radius 2 is 2.11 bits per heavy atom. The van der Waals surface area contributed by atoms with Crippen molar-refractivity contribution in [3.8, 4) is 0 Å². The first-order valence-electron chi connectivity index (χ1n) is 6.78. The topological polar surface area (TPSA) is 58.0 Å². The van der Waals surface area contributed by atoms with E-state index in [0.717, 1.165) is 42.7 Å². The van der Waals surface area contributed by atoms with Gasteiger partial charge in [-0.3, -0.25) is 10.00 Å². The first kappa shape index (κ1) is 13.8. The summed E-state index contributed by atoms with van der Waals surface area (Å²) in [4.78, 5) is 6.76. The van der Waals surface area contributed by atoms with E-state index in [0.29, 0.717) is 6.04 Å². The summed E-state index contributed by atoms with van der Waals surface area (Å²) in [5.74, 6) is 3.72. The molecule has 2 aromatic rings. The van der Waals surface area contributed by atoms with Gasteiger partial charge in [0.05, 0.1) is 13.1 Å². The van der Waals surface area contributed by atoms with Gasteiger partial charge in [0, 0.05) is 12.5 Å². The molecule has 0 spiro atoms. The Morgan fingerprint density at radius 3 is 2.63 bits per heavy atom. The number of furan rings is 1. The number of H-pyrrole nitrogens is 1. The third-order valence-electron chi connectivity index (χ3n) is 3.13. The lowest BCUT2D eigenvalue weighted by atomic mass is 10.3. The van der Waals surface area contributed by atoms with Crippen molar-refractivity contribution in [2.24, 2.45) is 0 Å². The van der Waals surface area contributed by atoms with Crippen LogP contribution in [-0.2, 0) is 19.5 Å². The summed E-state index contributed by atoms with van der Waals surface area (Å²) in [6.07, 6.45) is 0.857. The molecule has 0 saturated carbocycles. The fourth-order valence-corrected chi connectivity index (χ4v) is 1.95. The molecule has 2 heterocycles. The molecule has 0 bridgehead atoms. The van der Waals surface area contributed by atoms with Gasteiger partial charge in [0.1, 0.15) is 23.2 Å². The number of rotatable bonds is 6. The van der Waals surface area contributed by atoms with Crippen LogP contribution in [0.5, 0.6) is 0 Å². The third kappa shape index (κ3) is 3.67. The Labute approximate surface area is 114 Å². The monoisotopic (exact) mass is 262 g/mol. The molecule has 0 aromatic carbocycles. The predicted octanol–water partition coefficient (Wildman–Crippen LogP) is 2.68. The summed E-state index contributed by atoms with van der Waals surface area (Å²) in [5, 5.41) is 7.17. The number of hydrogen-bond acceptors (Lipinski definition) is 4. The van der Waals surface area contributed by atoms with Crippen molar-refractivity contribution in [1.29, 1.82) is 0 Å². The van der Waals surface area contributed by atoms with E-state index in [1.165, 1.54) is 0 Å². The molecule has 0 amide bonds. The number of aromatic nitrogens is 3.